The highest BCUT2D eigenvalue weighted by Crippen LogP contribution is 2.33. The summed E-state index contributed by atoms with van der Waals surface area (Å²) in [6.07, 6.45) is 0. The maximum atomic E-state index is 12.2. The Kier molecular flexibility index (Phi) is 4.84. The number of aryl methyl sites for hydroxylation is 1. The van der Waals surface area contributed by atoms with E-state index >= 15 is 0 Å². The van der Waals surface area contributed by atoms with Crippen molar-refractivity contribution >= 4 is 39.2 Å². The van der Waals surface area contributed by atoms with Gasteiger partial charge in [0.25, 0.3) is 0 Å². The first-order valence-corrected chi connectivity index (χ1v) is 7.52. The highest BCUT2D eigenvalue weighted by atomic mass is 35.5. The van der Waals surface area contributed by atoms with Gasteiger partial charge in [-0.25, -0.2) is 8.42 Å². The van der Waals surface area contributed by atoms with Gasteiger partial charge in [0, 0.05) is 5.02 Å². The number of carboxylic acids is 1. The lowest BCUT2D eigenvalue weighted by atomic mass is 10.2. The molecule has 0 saturated carbocycles. The lowest BCUT2D eigenvalue weighted by Crippen LogP contribution is -2.38. The Bertz CT molecular complexity index is 602. The second-order valence-electron chi connectivity index (χ2n) is 4.12. The summed E-state index contributed by atoms with van der Waals surface area (Å²) >= 11 is 11.9. The van der Waals surface area contributed by atoms with Crippen molar-refractivity contribution in [3.63, 3.8) is 0 Å². The highest BCUT2D eigenvalue weighted by Gasteiger charge is 2.27. The van der Waals surface area contributed by atoms with Crippen molar-refractivity contribution < 1.29 is 18.3 Å². The van der Waals surface area contributed by atoms with Gasteiger partial charge in [0.1, 0.15) is 10.9 Å². The number of sulfonamides is 1. The monoisotopic (exact) mass is 325 g/mol. The number of rotatable bonds is 4. The molecule has 0 spiro atoms. The number of benzene rings is 1. The number of carboxylic acid groups (broad SMARTS) is 1. The molecule has 5 nitrogen and oxygen atoms in total. The molecule has 1 aromatic carbocycles. The molecule has 0 heterocycles. The van der Waals surface area contributed by atoms with Crippen molar-refractivity contribution in [1.29, 1.82) is 0 Å². The van der Waals surface area contributed by atoms with Gasteiger partial charge in [0.05, 0.1) is 5.02 Å². The number of halogens is 2. The van der Waals surface area contributed by atoms with Crippen LogP contribution in [0.4, 0.5) is 0 Å². The van der Waals surface area contributed by atoms with Crippen LogP contribution < -0.4 is 4.72 Å². The van der Waals surface area contributed by atoms with Crippen molar-refractivity contribution in [3.8, 4) is 0 Å². The Hall–Kier alpha value is -0.820. The molecule has 0 bridgehead atoms. The molecule has 8 heteroatoms. The first-order valence-electron chi connectivity index (χ1n) is 5.28. The van der Waals surface area contributed by atoms with E-state index in [-0.39, 0.29) is 20.5 Å². The van der Waals surface area contributed by atoms with Crippen LogP contribution >= 0.6 is 23.2 Å². The summed E-state index contributed by atoms with van der Waals surface area (Å²) in [4.78, 5) is 10.5. The first kappa shape index (κ1) is 16.2. The SMILES string of the molecule is Cc1cc(Cl)c(C)c(S(=O)(=O)NC(C)C(=O)O)c1Cl. The molecular formula is C11H13Cl2NO4S. The molecule has 2 N–H and O–H groups in total. The van der Waals surface area contributed by atoms with Gasteiger partial charge in [0.2, 0.25) is 10.0 Å². The summed E-state index contributed by atoms with van der Waals surface area (Å²) in [7, 11) is -4.06. The van der Waals surface area contributed by atoms with E-state index in [1.54, 1.807) is 13.0 Å². The molecule has 1 atom stereocenters. The fourth-order valence-corrected chi connectivity index (χ4v) is 3.88. The van der Waals surface area contributed by atoms with Crippen LogP contribution in [0, 0.1) is 13.8 Å². The van der Waals surface area contributed by atoms with E-state index in [4.69, 9.17) is 28.3 Å². The Morgan fingerprint density at radius 2 is 1.89 bits per heavy atom. The molecule has 0 fully saturated rings. The van der Waals surface area contributed by atoms with Crippen molar-refractivity contribution in [2.75, 3.05) is 0 Å². The van der Waals surface area contributed by atoms with Gasteiger partial charge >= 0.3 is 5.97 Å². The van der Waals surface area contributed by atoms with E-state index in [9.17, 15) is 13.2 Å². The zero-order chi connectivity index (χ0) is 15.0. The summed E-state index contributed by atoms with van der Waals surface area (Å²) in [6.45, 7) is 4.35. The van der Waals surface area contributed by atoms with Crippen LogP contribution in [0.3, 0.4) is 0 Å². The predicted molar refractivity (Wildman–Crippen MR) is 73.4 cm³/mol. The number of carbonyl (C=O) groups is 1. The molecule has 0 radical (unpaired) electrons. The molecule has 0 amide bonds. The van der Waals surface area contributed by atoms with Crippen molar-refractivity contribution in [1.82, 2.24) is 4.72 Å². The molecule has 106 valence electrons. The molecule has 1 aromatic rings. The average molecular weight is 326 g/mol. The lowest BCUT2D eigenvalue weighted by molar-refractivity contribution is -0.138. The molecule has 0 saturated heterocycles. The van der Waals surface area contributed by atoms with Crippen molar-refractivity contribution in [3.05, 3.63) is 27.2 Å². The second kappa shape index (κ2) is 5.66. The van der Waals surface area contributed by atoms with Crippen molar-refractivity contribution in [2.24, 2.45) is 0 Å². The minimum absolute atomic E-state index is 0.0342. The maximum Gasteiger partial charge on any atom is 0.321 e. The van der Waals surface area contributed by atoms with Gasteiger partial charge in [0.15, 0.2) is 0 Å². The number of hydrogen-bond donors (Lipinski definition) is 2. The topological polar surface area (TPSA) is 83.5 Å². The normalized spacial score (nSPS) is 13.3. The van der Waals surface area contributed by atoms with E-state index in [2.05, 4.69) is 0 Å². The van der Waals surface area contributed by atoms with Crippen LogP contribution in [-0.2, 0) is 14.8 Å². The van der Waals surface area contributed by atoms with E-state index in [1.807, 2.05) is 4.72 Å². The number of hydrogen-bond acceptors (Lipinski definition) is 3. The second-order valence-corrected chi connectivity index (χ2v) is 6.56. The number of nitrogens with one attached hydrogen (secondary N) is 1. The lowest BCUT2D eigenvalue weighted by Gasteiger charge is -2.15. The molecule has 0 aliphatic heterocycles. The van der Waals surface area contributed by atoms with Crippen LogP contribution in [0.2, 0.25) is 10.0 Å². The first-order chi connectivity index (χ1) is 8.58. The average Bonchev–Trinajstić information content (AvgIpc) is 2.25. The van der Waals surface area contributed by atoms with Gasteiger partial charge in [-0.2, -0.15) is 4.72 Å². The van der Waals surface area contributed by atoms with Gasteiger partial charge in [-0.05, 0) is 38.0 Å². The summed E-state index contributed by atoms with van der Waals surface area (Å²) in [5.41, 5.74) is 0.781. The molecule has 1 unspecified atom stereocenters. The molecule has 0 aliphatic rings. The molecule has 0 aromatic heterocycles. The highest BCUT2D eigenvalue weighted by molar-refractivity contribution is 7.89. The zero-order valence-corrected chi connectivity index (χ0v) is 12.8. The third-order valence-electron chi connectivity index (χ3n) is 2.56. The third kappa shape index (κ3) is 3.39. The summed E-state index contributed by atoms with van der Waals surface area (Å²) in [6, 6.07) is 0.290. The molecule has 19 heavy (non-hydrogen) atoms. The van der Waals surface area contributed by atoms with E-state index in [1.165, 1.54) is 13.8 Å². The van der Waals surface area contributed by atoms with Gasteiger partial charge in [-0.1, -0.05) is 23.2 Å². The molecule has 1 rings (SSSR count). The predicted octanol–water partition coefficient (Wildman–Crippen LogP) is 2.36. The number of aliphatic carboxylic acids is 1. The van der Waals surface area contributed by atoms with E-state index in [0.717, 1.165) is 0 Å². The van der Waals surface area contributed by atoms with Gasteiger partial charge < -0.3 is 5.11 Å². The maximum absolute atomic E-state index is 12.2. The Balaban J connectivity index is 3.41. The minimum Gasteiger partial charge on any atom is -0.480 e. The van der Waals surface area contributed by atoms with Crippen molar-refractivity contribution in [2.45, 2.75) is 31.7 Å². The fourth-order valence-electron chi connectivity index (χ4n) is 1.48. The Morgan fingerprint density at radius 1 is 1.37 bits per heavy atom. The smallest absolute Gasteiger partial charge is 0.321 e. The molecule has 0 aliphatic carbocycles. The minimum atomic E-state index is -4.06. The standard InChI is InChI=1S/C11H13Cl2NO4S/c1-5-4-8(12)6(2)10(9(5)13)19(17,18)14-7(3)11(15)16/h4,7,14H,1-3H3,(H,15,16). The van der Waals surface area contributed by atoms with Gasteiger partial charge in [-0.15, -0.1) is 0 Å². The summed E-state index contributed by atoms with van der Waals surface area (Å²) in [5.74, 6) is -1.28. The zero-order valence-electron chi connectivity index (χ0n) is 10.5. The summed E-state index contributed by atoms with van der Waals surface area (Å²) in [5, 5.41) is 9.04. The van der Waals surface area contributed by atoms with Crippen LogP contribution in [0.1, 0.15) is 18.1 Å². The fraction of sp³-hybridized carbons (Fsp3) is 0.364. The van der Waals surface area contributed by atoms with E-state index < -0.39 is 22.0 Å². The summed E-state index contributed by atoms with van der Waals surface area (Å²) < 4.78 is 26.4. The van der Waals surface area contributed by atoms with Crippen LogP contribution in [-0.4, -0.2) is 25.5 Å². The molecular weight excluding hydrogens is 313 g/mol. The largest absolute Gasteiger partial charge is 0.480 e. The third-order valence-corrected chi connectivity index (χ3v) is 5.26. The van der Waals surface area contributed by atoms with E-state index in [0.29, 0.717) is 5.56 Å². The quantitative estimate of drug-likeness (QED) is 0.890. The van der Waals surface area contributed by atoms with Crippen LogP contribution in [0.5, 0.6) is 0 Å². The van der Waals surface area contributed by atoms with Crippen LogP contribution in [0.25, 0.3) is 0 Å². The van der Waals surface area contributed by atoms with Crippen LogP contribution in [0.15, 0.2) is 11.0 Å². The Labute approximate surface area is 121 Å². The Morgan fingerprint density at radius 3 is 2.37 bits per heavy atom. The van der Waals surface area contributed by atoms with Gasteiger partial charge in [-0.3, -0.25) is 4.79 Å².